The molecule has 1 amide bonds. The second-order valence-corrected chi connectivity index (χ2v) is 9.00. The van der Waals surface area contributed by atoms with E-state index in [0.29, 0.717) is 25.1 Å². The summed E-state index contributed by atoms with van der Waals surface area (Å²) in [4.78, 5) is 21.8. The summed E-state index contributed by atoms with van der Waals surface area (Å²) >= 11 is 0. The highest BCUT2D eigenvalue weighted by molar-refractivity contribution is 7.90. The monoisotopic (exact) mass is 378 g/mol. The number of likely N-dealkylation sites (N-methyl/N-ethyl adjacent to an activating group) is 1. The molecule has 0 spiro atoms. The number of amidine groups is 1. The first-order valence-corrected chi connectivity index (χ1v) is 10.4. The van der Waals surface area contributed by atoms with Gasteiger partial charge in [-0.15, -0.1) is 0 Å². The Bertz CT molecular complexity index is 811. The van der Waals surface area contributed by atoms with Crippen LogP contribution in [-0.2, 0) is 14.8 Å². The van der Waals surface area contributed by atoms with Gasteiger partial charge in [-0.1, -0.05) is 26.0 Å². The number of fused-ring (bicyclic) bond motifs is 1. The number of hydrogen-bond acceptors (Lipinski definition) is 5. The van der Waals surface area contributed by atoms with Crippen LogP contribution in [0.25, 0.3) is 0 Å². The Morgan fingerprint density at radius 3 is 2.50 bits per heavy atom. The Labute approximate surface area is 155 Å². The van der Waals surface area contributed by atoms with Crippen molar-refractivity contribution in [1.82, 2.24) is 14.5 Å². The van der Waals surface area contributed by atoms with Crippen LogP contribution in [0.5, 0.6) is 0 Å². The van der Waals surface area contributed by atoms with Crippen molar-refractivity contribution in [3.8, 4) is 0 Å². The summed E-state index contributed by atoms with van der Waals surface area (Å²) in [5, 5.41) is 0. The molecule has 0 aromatic heterocycles. The summed E-state index contributed by atoms with van der Waals surface area (Å²) in [6, 6.07) is 6.15. The van der Waals surface area contributed by atoms with Gasteiger partial charge in [-0.3, -0.25) is 14.5 Å². The lowest BCUT2D eigenvalue weighted by atomic mass is 10.0. The molecule has 1 atom stereocenters. The molecule has 142 valence electrons. The molecule has 7 nitrogen and oxygen atoms in total. The van der Waals surface area contributed by atoms with E-state index in [1.165, 1.54) is 0 Å². The van der Waals surface area contributed by atoms with E-state index in [9.17, 15) is 13.2 Å². The molecule has 2 aliphatic rings. The Kier molecular flexibility index (Phi) is 5.34. The van der Waals surface area contributed by atoms with E-state index >= 15 is 0 Å². The van der Waals surface area contributed by atoms with Crippen LogP contribution in [0.1, 0.15) is 25.8 Å². The molecule has 1 saturated heterocycles. The van der Waals surface area contributed by atoms with Crippen LogP contribution < -0.4 is 4.72 Å². The summed E-state index contributed by atoms with van der Waals surface area (Å²) in [6.45, 7) is 7.11. The maximum atomic E-state index is 13.0. The fourth-order valence-electron chi connectivity index (χ4n) is 3.28. The van der Waals surface area contributed by atoms with Gasteiger partial charge in [-0.05, 0) is 31.5 Å². The molecule has 0 radical (unpaired) electrons. The third-order valence-corrected chi connectivity index (χ3v) is 6.14. The predicted octanol–water partition coefficient (Wildman–Crippen LogP) is 0.914. The average Bonchev–Trinajstić information content (AvgIpc) is 2.85. The number of rotatable bonds is 4. The van der Waals surface area contributed by atoms with E-state index in [2.05, 4.69) is 14.6 Å². The number of sulfonamides is 1. The van der Waals surface area contributed by atoms with Gasteiger partial charge in [0.2, 0.25) is 5.91 Å². The van der Waals surface area contributed by atoms with Crippen molar-refractivity contribution in [1.29, 1.82) is 0 Å². The zero-order valence-corrected chi connectivity index (χ0v) is 16.3. The van der Waals surface area contributed by atoms with Crippen molar-refractivity contribution >= 4 is 21.8 Å². The van der Waals surface area contributed by atoms with Crippen LogP contribution in [0.15, 0.2) is 34.2 Å². The molecular formula is C18H26N4O3S. The van der Waals surface area contributed by atoms with Crippen LogP contribution >= 0.6 is 0 Å². The normalized spacial score (nSPS) is 22.3. The predicted molar refractivity (Wildman–Crippen MR) is 101 cm³/mol. The minimum Gasteiger partial charge on any atom is -0.338 e. The first kappa shape index (κ1) is 18.8. The van der Waals surface area contributed by atoms with Gasteiger partial charge in [0, 0.05) is 31.7 Å². The second-order valence-electron chi connectivity index (χ2n) is 7.35. The Hall–Kier alpha value is -1.93. The zero-order valence-electron chi connectivity index (χ0n) is 15.5. The van der Waals surface area contributed by atoms with Gasteiger partial charge in [0.05, 0.1) is 4.90 Å². The Morgan fingerprint density at radius 1 is 1.19 bits per heavy atom. The van der Waals surface area contributed by atoms with Crippen molar-refractivity contribution in [2.75, 3.05) is 33.2 Å². The fourth-order valence-corrected chi connectivity index (χ4v) is 4.52. The maximum Gasteiger partial charge on any atom is 0.263 e. The number of carbonyl (C=O) groups excluding carboxylic acids is 1. The van der Waals surface area contributed by atoms with Crippen LogP contribution in [0.2, 0.25) is 0 Å². The Balaban J connectivity index is 1.90. The summed E-state index contributed by atoms with van der Waals surface area (Å²) in [5.41, 5.74) is 0.535. The molecule has 2 heterocycles. The average molecular weight is 378 g/mol. The number of hydrogen-bond donors (Lipinski definition) is 1. The number of amides is 1. The highest BCUT2D eigenvalue weighted by Gasteiger charge is 2.33. The van der Waals surface area contributed by atoms with Crippen molar-refractivity contribution in [3.05, 3.63) is 29.8 Å². The maximum absolute atomic E-state index is 13.0. The third-order valence-electron chi connectivity index (χ3n) is 4.74. The molecule has 1 fully saturated rings. The molecule has 2 aliphatic heterocycles. The number of nitrogens with one attached hydrogen (secondary N) is 1. The lowest BCUT2D eigenvalue weighted by molar-refractivity contribution is -0.134. The lowest BCUT2D eigenvalue weighted by Crippen LogP contribution is -2.50. The molecular weight excluding hydrogens is 352 g/mol. The molecule has 0 aliphatic carbocycles. The molecule has 1 N–H and O–H groups in total. The fraction of sp³-hybridized carbons (Fsp3) is 0.556. The standard InChI is InChI=1S/C18H26N4O3S/c1-13(2)12-15(18(23)22-10-8-21(3)9-11-22)19-17-14-6-4-5-7-16(14)26(24,25)20-17/h4-7,13,15H,8-12H2,1-3H3,(H,19,20). The van der Waals surface area contributed by atoms with Gasteiger partial charge < -0.3 is 9.80 Å². The van der Waals surface area contributed by atoms with Crippen LogP contribution in [0.3, 0.4) is 0 Å². The lowest BCUT2D eigenvalue weighted by Gasteiger charge is -2.34. The molecule has 1 unspecified atom stereocenters. The zero-order chi connectivity index (χ0) is 18.9. The van der Waals surface area contributed by atoms with E-state index in [-0.39, 0.29) is 22.6 Å². The number of aliphatic imine (C=N–C) groups is 1. The summed E-state index contributed by atoms with van der Waals surface area (Å²) in [7, 11) is -1.56. The molecule has 0 bridgehead atoms. The number of piperazine rings is 1. The van der Waals surface area contributed by atoms with Crippen molar-refractivity contribution in [2.24, 2.45) is 10.9 Å². The smallest absolute Gasteiger partial charge is 0.263 e. The van der Waals surface area contributed by atoms with Crippen molar-refractivity contribution in [3.63, 3.8) is 0 Å². The number of benzene rings is 1. The van der Waals surface area contributed by atoms with Gasteiger partial charge in [-0.25, -0.2) is 8.42 Å². The SMILES string of the molecule is CC(C)CC(N=C1NS(=O)(=O)c2ccccc21)C(=O)N1CCN(C)CC1. The second kappa shape index (κ2) is 7.36. The topological polar surface area (TPSA) is 82.1 Å². The van der Waals surface area contributed by atoms with Crippen LogP contribution in [0, 0.1) is 5.92 Å². The highest BCUT2D eigenvalue weighted by Crippen LogP contribution is 2.24. The van der Waals surface area contributed by atoms with Crippen molar-refractivity contribution < 1.29 is 13.2 Å². The molecule has 1 aromatic rings. The first-order valence-electron chi connectivity index (χ1n) is 8.95. The minimum atomic E-state index is -3.60. The minimum absolute atomic E-state index is 0.0251. The van der Waals surface area contributed by atoms with Gasteiger partial charge >= 0.3 is 0 Å². The van der Waals surface area contributed by atoms with Crippen LogP contribution in [0.4, 0.5) is 0 Å². The van der Waals surface area contributed by atoms with E-state index < -0.39 is 16.1 Å². The molecule has 8 heteroatoms. The summed E-state index contributed by atoms with van der Waals surface area (Å²) in [6.07, 6.45) is 0.582. The summed E-state index contributed by atoms with van der Waals surface area (Å²) < 4.78 is 27.1. The quantitative estimate of drug-likeness (QED) is 0.844. The number of carbonyl (C=O) groups is 1. The first-order chi connectivity index (χ1) is 12.3. The Morgan fingerprint density at radius 2 is 1.85 bits per heavy atom. The summed E-state index contributed by atoms with van der Waals surface area (Å²) in [5.74, 6) is 0.519. The molecule has 26 heavy (non-hydrogen) atoms. The molecule has 3 rings (SSSR count). The molecule has 0 saturated carbocycles. The van der Waals surface area contributed by atoms with Crippen LogP contribution in [-0.4, -0.2) is 69.2 Å². The van der Waals surface area contributed by atoms with Crippen molar-refractivity contribution in [2.45, 2.75) is 31.2 Å². The van der Waals surface area contributed by atoms with Gasteiger partial charge in [0.15, 0.2) is 0 Å². The van der Waals surface area contributed by atoms with Gasteiger partial charge in [0.25, 0.3) is 10.0 Å². The number of nitrogens with zero attached hydrogens (tertiary/aromatic N) is 3. The largest absolute Gasteiger partial charge is 0.338 e. The van der Waals surface area contributed by atoms with Gasteiger partial charge in [-0.2, -0.15) is 0 Å². The third kappa shape index (κ3) is 3.91. The highest BCUT2D eigenvalue weighted by atomic mass is 32.2. The van der Waals surface area contributed by atoms with E-state index in [0.717, 1.165) is 13.1 Å². The van der Waals surface area contributed by atoms with Gasteiger partial charge in [0.1, 0.15) is 11.9 Å². The molecule has 1 aromatic carbocycles. The van der Waals surface area contributed by atoms with E-state index in [4.69, 9.17) is 0 Å². The van der Waals surface area contributed by atoms with E-state index in [1.807, 2.05) is 25.8 Å². The van der Waals surface area contributed by atoms with E-state index in [1.54, 1.807) is 24.3 Å².